The molecule has 3 rings (SSSR count). The van der Waals surface area contributed by atoms with Gasteiger partial charge in [-0.05, 0) is 36.7 Å². The normalized spacial score (nSPS) is 13.4. The number of ether oxygens (including phenoxy) is 1. The average molecular weight is 257 g/mol. The van der Waals surface area contributed by atoms with Crippen molar-refractivity contribution in [2.75, 3.05) is 13.2 Å². The first kappa shape index (κ1) is 12.2. The van der Waals surface area contributed by atoms with E-state index >= 15 is 0 Å². The van der Waals surface area contributed by atoms with Crippen molar-refractivity contribution in [1.82, 2.24) is 9.78 Å². The topological polar surface area (TPSA) is 53.1 Å². The Morgan fingerprint density at radius 2 is 2.26 bits per heavy atom. The van der Waals surface area contributed by atoms with Gasteiger partial charge in [-0.3, -0.25) is 4.68 Å². The van der Waals surface area contributed by atoms with Gasteiger partial charge < -0.3 is 10.5 Å². The minimum Gasteiger partial charge on any atom is -0.493 e. The van der Waals surface area contributed by atoms with Crippen molar-refractivity contribution in [3.05, 3.63) is 35.2 Å². The largest absolute Gasteiger partial charge is 0.493 e. The van der Waals surface area contributed by atoms with E-state index in [9.17, 15) is 0 Å². The van der Waals surface area contributed by atoms with Crippen LogP contribution in [0.1, 0.15) is 17.0 Å². The summed E-state index contributed by atoms with van der Waals surface area (Å²) in [5, 5.41) is 4.58. The summed E-state index contributed by atoms with van der Waals surface area (Å²) in [6.45, 7) is 3.52. The van der Waals surface area contributed by atoms with Crippen molar-refractivity contribution in [2.45, 2.75) is 19.8 Å². The predicted octanol–water partition coefficient (Wildman–Crippen LogP) is 1.83. The van der Waals surface area contributed by atoms with Crippen LogP contribution in [0, 0.1) is 6.92 Å². The molecule has 0 amide bonds. The van der Waals surface area contributed by atoms with Crippen molar-refractivity contribution in [3.63, 3.8) is 0 Å². The van der Waals surface area contributed by atoms with Gasteiger partial charge in [-0.15, -0.1) is 0 Å². The molecular formula is C15H19N3O. The van der Waals surface area contributed by atoms with Crippen LogP contribution >= 0.6 is 0 Å². The van der Waals surface area contributed by atoms with Crippen LogP contribution in [0.5, 0.6) is 5.75 Å². The molecule has 0 saturated carbocycles. The standard InChI is InChI=1S/C15H19N3O/c1-10-15(13(5-7-16)17-18(10)2)12-3-4-14-11(9-12)6-8-19-14/h3-4,9H,5-8,16H2,1-2H3. The predicted molar refractivity (Wildman–Crippen MR) is 75.3 cm³/mol. The van der Waals surface area contributed by atoms with Gasteiger partial charge in [0.15, 0.2) is 0 Å². The van der Waals surface area contributed by atoms with Gasteiger partial charge in [-0.1, -0.05) is 6.07 Å². The maximum absolute atomic E-state index is 5.69. The second kappa shape index (κ2) is 4.70. The first-order valence-corrected chi connectivity index (χ1v) is 6.69. The molecular weight excluding hydrogens is 238 g/mol. The van der Waals surface area contributed by atoms with Gasteiger partial charge in [0, 0.05) is 31.1 Å². The lowest BCUT2D eigenvalue weighted by Crippen LogP contribution is -2.04. The van der Waals surface area contributed by atoms with E-state index in [1.807, 2.05) is 11.7 Å². The van der Waals surface area contributed by atoms with E-state index in [4.69, 9.17) is 10.5 Å². The van der Waals surface area contributed by atoms with E-state index in [0.717, 1.165) is 30.9 Å². The number of fused-ring (bicyclic) bond motifs is 1. The van der Waals surface area contributed by atoms with Gasteiger partial charge in [0.1, 0.15) is 5.75 Å². The molecule has 100 valence electrons. The van der Waals surface area contributed by atoms with Crippen molar-refractivity contribution >= 4 is 0 Å². The molecule has 1 aromatic carbocycles. The molecule has 0 fully saturated rings. The quantitative estimate of drug-likeness (QED) is 0.912. The highest BCUT2D eigenvalue weighted by Crippen LogP contribution is 2.33. The molecule has 2 aromatic rings. The smallest absolute Gasteiger partial charge is 0.122 e. The number of aromatic nitrogens is 2. The van der Waals surface area contributed by atoms with E-state index < -0.39 is 0 Å². The molecule has 0 radical (unpaired) electrons. The summed E-state index contributed by atoms with van der Waals surface area (Å²) in [7, 11) is 1.98. The summed E-state index contributed by atoms with van der Waals surface area (Å²) in [5.74, 6) is 1.02. The molecule has 4 heteroatoms. The average Bonchev–Trinajstić information content (AvgIpc) is 2.95. The number of nitrogens with two attached hydrogens (primary N) is 1. The third-order valence-corrected chi connectivity index (χ3v) is 3.77. The minimum atomic E-state index is 0.623. The molecule has 0 atom stereocenters. The highest BCUT2D eigenvalue weighted by Gasteiger charge is 2.18. The lowest BCUT2D eigenvalue weighted by atomic mass is 9.99. The van der Waals surface area contributed by atoms with Crippen LogP contribution < -0.4 is 10.5 Å². The van der Waals surface area contributed by atoms with E-state index in [1.54, 1.807) is 0 Å². The van der Waals surface area contributed by atoms with E-state index in [0.29, 0.717) is 6.54 Å². The van der Waals surface area contributed by atoms with E-state index in [-0.39, 0.29) is 0 Å². The summed E-state index contributed by atoms with van der Waals surface area (Å²) < 4.78 is 7.50. The molecule has 2 N–H and O–H groups in total. The summed E-state index contributed by atoms with van der Waals surface area (Å²) >= 11 is 0. The molecule has 1 aliphatic heterocycles. The summed E-state index contributed by atoms with van der Waals surface area (Å²) in [6, 6.07) is 6.41. The maximum atomic E-state index is 5.69. The molecule has 0 unspecified atom stereocenters. The lowest BCUT2D eigenvalue weighted by Gasteiger charge is -2.06. The number of nitrogens with zero attached hydrogens (tertiary/aromatic N) is 2. The number of hydrogen-bond donors (Lipinski definition) is 1. The second-order valence-corrected chi connectivity index (χ2v) is 4.99. The summed E-state index contributed by atoms with van der Waals surface area (Å²) in [4.78, 5) is 0. The minimum absolute atomic E-state index is 0.623. The monoisotopic (exact) mass is 257 g/mol. The summed E-state index contributed by atoms with van der Waals surface area (Å²) in [6.07, 6.45) is 1.80. The van der Waals surface area contributed by atoms with Gasteiger partial charge in [-0.2, -0.15) is 5.10 Å². The third-order valence-electron chi connectivity index (χ3n) is 3.77. The SMILES string of the molecule is Cc1c(-c2ccc3c(c2)CCO3)c(CCN)nn1C. The molecule has 0 spiro atoms. The zero-order valence-corrected chi connectivity index (χ0v) is 11.4. The fourth-order valence-corrected chi connectivity index (χ4v) is 2.71. The first-order valence-electron chi connectivity index (χ1n) is 6.69. The van der Waals surface area contributed by atoms with Crippen molar-refractivity contribution in [2.24, 2.45) is 12.8 Å². The molecule has 0 saturated heterocycles. The Balaban J connectivity index is 2.10. The highest BCUT2D eigenvalue weighted by atomic mass is 16.5. The van der Waals surface area contributed by atoms with Crippen LogP contribution in [0.25, 0.3) is 11.1 Å². The Hall–Kier alpha value is -1.81. The third kappa shape index (κ3) is 2.02. The van der Waals surface area contributed by atoms with E-state index in [1.165, 1.54) is 22.4 Å². The lowest BCUT2D eigenvalue weighted by molar-refractivity contribution is 0.357. The molecule has 19 heavy (non-hydrogen) atoms. The van der Waals surface area contributed by atoms with Crippen molar-refractivity contribution in [3.8, 4) is 16.9 Å². The Bertz CT molecular complexity index is 616. The molecule has 4 nitrogen and oxygen atoms in total. The zero-order chi connectivity index (χ0) is 13.4. The van der Waals surface area contributed by atoms with Gasteiger partial charge >= 0.3 is 0 Å². The first-order chi connectivity index (χ1) is 9.20. The summed E-state index contributed by atoms with van der Waals surface area (Å²) in [5.41, 5.74) is 11.7. The van der Waals surface area contributed by atoms with Crippen molar-refractivity contribution < 1.29 is 4.74 Å². The Morgan fingerprint density at radius 1 is 1.42 bits per heavy atom. The molecule has 1 aliphatic rings. The van der Waals surface area contributed by atoms with Crippen molar-refractivity contribution in [1.29, 1.82) is 0 Å². The second-order valence-electron chi connectivity index (χ2n) is 4.99. The van der Waals surface area contributed by atoms with Gasteiger partial charge in [-0.25, -0.2) is 0 Å². The fraction of sp³-hybridized carbons (Fsp3) is 0.400. The highest BCUT2D eigenvalue weighted by molar-refractivity contribution is 5.70. The van der Waals surface area contributed by atoms with Gasteiger partial charge in [0.25, 0.3) is 0 Å². The van der Waals surface area contributed by atoms with Crippen LogP contribution in [0.15, 0.2) is 18.2 Å². The van der Waals surface area contributed by atoms with Crippen LogP contribution in [-0.2, 0) is 19.9 Å². The molecule has 0 bridgehead atoms. The molecule has 0 aliphatic carbocycles. The van der Waals surface area contributed by atoms with Gasteiger partial charge in [0.2, 0.25) is 0 Å². The van der Waals surface area contributed by atoms with Crippen LogP contribution in [0.4, 0.5) is 0 Å². The number of rotatable bonds is 3. The Labute approximate surface area is 113 Å². The fourth-order valence-electron chi connectivity index (χ4n) is 2.71. The molecule has 1 aromatic heterocycles. The molecule has 2 heterocycles. The van der Waals surface area contributed by atoms with Crippen LogP contribution in [0.2, 0.25) is 0 Å². The van der Waals surface area contributed by atoms with Crippen LogP contribution in [0.3, 0.4) is 0 Å². The van der Waals surface area contributed by atoms with Crippen LogP contribution in [-0.4, -0.2) is 22.9 Å². The Morgan fingerprint density at radius 3 is 3.05 bits per heavy atom. The van der Waals surface area contributed by atoms with E-state index in [2.05, 4.69) is 30.2 Å². The Kier molecular flexibility index (Phi) is 3.03. The van der Waals surface area contributed by atoms with Gasteiger partial charge in [0.05, 0.1) is 12.3 Å². The zero-order valence-electron chi connectivity index (χ0n) is 11.4. The number of hydrogen-bond acceptors (Lipinski definition) is 3. The number of aryl methyl sites for hydroxylation is 1. The maximum Gasteiger partial charge on any atom is 0.122 e. The number of benzene rings is 1.